The maximum absolute atomic E-state index is 11.8. The van der Waals surface area contributed by atoms with Gasteiger partial charge in [-0.05, 0) is 48.0 Å². The van der Waals surface area contributed by atoms with E-state index in [2.05, 4.69) is 21.2 Å². The molecule has 0 aromatic heterocycles. The molecule has 0 aliphatic heterocycles. The van der Waals surface area contributed by atoms with Gasteiger partial charge in [0.2, 0.25) is 0 Å². The van der Waals surface area contributed by atoms with Crippen LogP contribution in [0.2, 0.25) is 5.02 Å². The monoisotopic (exact) mass is 333 g/mol. The number of ether oxygens (including phenoxy) is 1. The number of amides is 1. The second-order valence-electron chi connectivity index (χ2n) is 3.58. The Bertz CT molecular complexity index is 465. The minimum atomic E-state index is -0.695. The summed E-state index contributed by atoms with van der Waals surface area (Å²) in [5.74, 6) is -0.834. The van der Waals surface area contributed by atoms with Crippen molar-refractivity contribution in [2.24, 2.45) is 0 Å². The zero-order valence-electron chi connectivity index (χ0n) is 10.00. The molecule has 4 nitrogen and oxygen atoms in total. The van der Waals surface area contributed by atoms with E-state index in [0.717, 1.165) is 0 Å². The summed E-state index contributed by atoms with van der Waals surface area (Å²) in [6.45, 7) is 3.56. The summed E-state index contributed by atoms with van der Waals surface area (Å²) >= 11 is 9.12. The van der Waals surface area contributed by atoms with Crippen molar-refractivity contribution < 1.29 is 14.3 Å². The molecule has 0 saturated heterocycles. The van der Waals surface area contributed by atoms with E-state index in [1.165, 1.54) is 6.07 Å². The molecule has 0 bridgehead atoms. The van der Waals surface area contributed by atoms with Gasteiger partial charge in [-0.3, -0.25) is 4.79 Å². The number of carbonyl (C=O) groups excluding carboxylic acids is 2. The highest BCUT2D eigenvalue weighted by Crippen LogP contribution is 2.23. The van der Waals surface area contributed by atoms with Gasteiger partial charge in [0, 0.05) is 10.0 Å². The summed E-state index contributed by atoms with van der Waals surface area (Å²) in [5.41, 5.74) is 0.388. The van der Waals surface area contributed by atoms with Crippen LogP contribution in [-0.4, -0.2) is 24.5 Å². The Morgan fingerprint density at radius 3 is 2.72 bits per heavy atom. The number of nitrogens with one attached hydrogen (secondary N) is 1. The van der Waals surface area contributed by atoms with Gasteiger partial charge in [-0.1, -0.05) is 11.6 Å². The van der Waals surface area contributed by atoms with Crippen molar-refractivity contribution in [3.05, 3.63) is 33.3 Å². The molecule has 1 atom stereocenters. The van der Waals surface area contributed by atoms with Crippen LogP contribution in [0.25, 0.3) is 0 Å². The van der Waals surface area contributed by atoms with E-state index in [0.29, 0.717) is 15.1 Å². The molecular formula is C12H13BrClNO3. The molecule has 98 valence electrons. The number of rotatable bonds is 4. The molecule has 1 N–H and O–H groups in total. The Morgan fingerprint density at radius 1 is 1.50 bits per heavy atom. The van der Waals surface area contributed by atoms with Gasteiger partial charge >= 0.3 is 5.97 Å². The second kappa shape index (κ2) is 6.75. The fourth-order valence-electron chi connectivity index (χ4n) is 1.24. The van der Waals surface area contributed by atoms with Gasteiger partial charge in [0.15, 0.2) is 0 Å². The molecule has 0 aliphatic carbocycles. The molecule has 0 radical (unpaired) electrons. The zero-order valence-corrected chi connectivity index (χ0v) is 12.3. The van der Waals surface area contributed by atoms with Gasteiger partial charge in [-0.15, -0.1) is 0 Å². The normalized spacial score (nSPS) is 11.8. The maximum atomic E-state index is 11.8. The van der Waals surface area contributed by atoms with Gasteiger partial charge in [-0.25, -0.2) is 4.79 Å². The van der Waals surface area contributed by atoms with Crippen molar-refractivity contribution >= 4 is 39.4 Å². The van der Waals surface area contributed by atoms with Crippen molar-refractivity contribution in [2.75, 3.05) is 6.61 Å². The van der Waals surface area contributed by atoms with Crippen LogP contribution in [0.3, 0.4) is 0 Å². The lowest BCUT2D eigenvalue weighted by Gasteiger charge is -2.12. The van der Waals surface area contributed by atoms with Crippen LogP contribution in [0.15, 0.2) is 22.7 Å². The molecule has 1 aromatic carbocycles. The third-order valence-electron chi connectivity index (χ3n) is 2.17. The first-order valence-corrected chi connectivity index (χ1v) is 6.55. The lowest BCUT2D eigenvalue weighted by atomic mass is 10.2. The lowest BCUT2D eigenvalue weighted by molar-refractivity contribution is -0.144. The highest BCUT2D eigenvalue weighted by molar-refractivity contribution is 9.10. The van der Waals surface area contributed by atoms with Crippen LogP contribution >= 0.6 is 27.5 Å². The molecule has 1 rings (SSSR count). The van der Waals surface area contributed by atoms with E-state index in [-0.39, 0.29) is 12.5 Å². The summed E-state index contributed by atoms with van der Waals surface area (Å²) < 4.78 is 5.50. The number of esters is 1. The van der Waals surface area contributed by atoms with Gasteiger partial charge in [0.25, 0.3) is 5.91 Å². The Labute approximate surface area is 119 Å². The lowest BCUT2D eigenvalue weighted by Crippen LogP contribution is -2.39. The largest absolute Gasteiger partial charge is 0.464 e. The van der Waals surface area contributed by atoms with Crippen LogP contribution in [-0.2, 0) is 9.53 Å². The van der Waals surface area contributed by atoms with E-state index in [9.17, 15) is 9.59 Å². The molecule has 1 amide bonds. The summed E-state index contributed by atoms with van der Waals surface area (Å²) in [4.78, 5) is 23.2. The van der Waals surface area contributed by atoms with Gasteiger partial charge in [-0.2, -0.15) is 0 Å². The molecule has 0 saturated carbocycles. The molecule has 1 aromatic rings. The SMILES string of the molecule is CCOC(=O)C(C)NC(=O)c1ccc(Br)c(Cl)c1. The average molecular weight is 335 g/mol. The first kappa shape index (κ1) is 15.0. The number of carbonyl (C=O) groups is 2. The zero-order chi connectivity index (χ0) is 13.7. The fraction of sp³-hybridized carbons (Fsp3) is 0.333. The van der Waals surface area contributed by atoms with Crippen molar-refractivity contribution in [1.82, 2.24) is 5.32 Å². The van der Waals surface area contributed by atoms with E-state index >= 15 is 0 Å². The highest BCUT2D eigenvalue weighted by atomic mass is 79.9. The van der Waals surface area contributed by atoms with E-state index < -0.39 is 12.0 Å². The van der Waals surface area contributed by atoms with Gasteiger partial charge in [0.05, 0.1) is 11.6 Å². The maximum Gasteiger partial charge on any atom is 0.328 e. The molecule has 0 fully saturated rings. The van der Waals surface area contributed by atoms with Crippen LogP contribution in [0, 0.1) is 0 Å². The number of benzene rings is 1. The van der Waals surface area contributed by atoms with Crippen LogP contribution in [0.5, 0.6) is 0 Å². The third-order valence-corrected chi connectivity index (χ3v) is 3.40. The van der Waals surface area contributed by atoms with E-state index in [4.69, 9.17) is 16.3 Å². The molecule has 1 unspecified atom stereocenters. The Balaban J connectivity index is 2.70. The minimum Gasteiger partial charge on any atom is -0.464 e. The fourth-order valence-corrected chi connectivity index (χ4v) is 1.67. The smallest absolute Gasteiger partial charge is 0.328 e. The predicted octanol–water partition coefficient (Wildman–Crippen LogP) is 2.78. The first-order chi connectivity index (χ1) is 8.45. The quantitative estimate of drug-likeness (QED) is 0.862. The highest BCUT2D eigenvalue weighted by Gasteiger charge is 2.17. The Morgan fingerprint density at radius 2 is 2.17 bits per heavy atom. The van der Waals surface area contributed by atoms with Crippen LogP contribution in [0.4, 0.5) is 0 Å². The topological polar surface area (TPSA) is 55.4 Å². The van der Waals surface area contributed by atoms with Crippen molar-refractivity contribution in [3.8, 4) is 0 Å². The van der Waals surface area contributed by atoms with E-state index in [1.807, 2.05) is 0 Å². The van der Waals surface area contributed by atoms with Crippen LogP contribution in [0.1, 0.15) is 24.2 Å². The molecule has 18 heavy (non-hydrogen) atoms. The number of hydrogen-bond acceptors (Lipinski definition) is 3. The van der Waals surface area contributed by atoms with E-state index in [1.54, 1.807) is 26.0 Å². The molecular weight excluding hydrogens is 321 g/mol. The van der Waals surface area contributed by atoms with Crippen molar-refractivity contribution in [2.45, 2.75) is 19.9 Å². The first-order valence-electron chi connectivity index (χ1n) is 5.38. The minimum absolute atomic E-state index is 0.281. The standard InChI is InChI=1S/C12H13BrClNO3/c1-3-18-12(17)7(2)15-11(16)8-4-5-9(13)10(14)6-8/h4-7H,3H2,1-2H3,(H,15,16). The molecule has 0 spiro atoms. The van der Waals surface area contributed by atoms with Gasteiger partial charge < -0.3 is 10.1 Å². The van der Waals surface area contributed by atoms with Crippen molar-refractivity contribution in [3.63, 3.8) is 0 Å². The summed E-state index contributed by atoms with van der Waals surface area (Å²) in [7, 11) is 0. The molecule has 0 heterocycles. The summed E-state index contributed by atoms with van der Waals surface area (Å²) in [5, 5.41) is 2.98. The number of hydrogen-bond donors (Lipinski definition) is 1. The predicted molar refractivity (Wildman–Crippen MR) is 72.7 cm³/mol. The average Bonchev–Trinajstić information content (AvgIpc) is 2.32. The molecule has 0 aliphatic rings. The number of halogens is 2. The summed E-state index contributed by atoms with van der Waals surface area (Å²) in [6, 6.07) is 4.12. The second-order valence-corrected chi connectivity index (χ2v) is 4.84. The third kappa shape index (κ3) is 3.99. The summed E-state index contributed by atoms with van der Waals surface area (Å²) in [6.07, 6.45) is 0. The Hall–Kier alpha value is -1.07. The van der Waals surface area contributed by atoms with Crippen molar-refractivity contribution in [1.29, 1.82) is 0 Å². The van der Waals surface area contributed by atoms with Gasteiger partial charge in [0.1, 0.15) is 6.04 Å². The Kier molecular flexibility index (Phi) is 5.62. The van der Waals surface area contributed by atoms with Crippen LogP contribution < -0.4 is 5.32 Å². The molecule has 6 heteroatoms.